The van der Waals surface area contributed by atoms with Crippen LogP contribution >= 0.6 is 11.8 Å². The smallest absolute Gasteiger partial charge is 0.119 e. The number of thioether (sulfide) groups is 1. The summed E-state index contributed by atoms with van der Waals surface area (Å²) in [6, 6.07) is 8.15. The van der Waals surface area contributed by atoms with Crippen LogP contribution in [0.5, 0.6) is 0 Å². The molecule has 19 heavy (non-hydrogen) atoms. The van der Waals surface area contributed by atoms with Crippen molar-refractivity contribution in [2.24, 2.45) is 0 Å². The molecule has 0 saturated carbocycles. The van der Waals surface area contributed by atoms with Crippen LogP contribution in [0.2, 0.25) is 0 Å². The van der Waals surface area contributed by atoms with E-state index >= 15 is 0 Å². The first-order chi connectivity index (χ1) is 9.36. The fraction of sp³-hybridized carbons (Fsp3) is 0.467. The Bertz CT molecular complexity index is 564. The van der Waals surface area contributed by atoms with Crippen LogP contribution in [0.3, 0.4) is 0 Å². The van der Waals surface area contributed by atoms with Crippen LogP contribution in [-0.2, 0) is 6.42 Å². The minimum Gasteiger partial charge on any atom is -0.317 e. The predicted molar refractivity (Wildman–Crippen MR) is 80.7 cm³/mol. The molecule has 1 fully saturated rings. The van der Waals surface area contributed by atoms with Crippen molar-refractivity contribution in [1.82, 2.24) is 15.3 Å². The Morgan fingerprint density at radius 1 is 1.16 bits per heavy atom. The maximum atomic E-state index is 4.82. The summed E-state index contributed by atoms with van der Waals surface area (Å²) in [4.78, 5) is 9.58. The van der Waals surface area contributed by atoms with Gasteiger partial charge in [0.15, 0.2) is 0 Å². The molecule has 1 aromatic heterocycles. The highest BCUT2D eigenvalue weighted by molar-refractivity contribution is 7.99. The third kappa shape index (κ3) is 2.90. The van der Waals surface area contributed by atoms with E-state index < -0.39 is 0 Å². The Hall–Kier alpha value is -1.13. The predicted octanol–water partition coefficient (Wildman–Crippen LogP) is 3.04. The normalized spacial score (nSPS) is 16.9. The maximum Gasteiger partial charge on any atom is 0.119 e. The Morgan fingerprint density at radius 3 is 2.53 bits per heavy atom. The summed E-state index contributed by atoms with van der Waals surface area (Å²) in [5.41, 5.74) is 3.16. The molecule has 1 aliphatic rings. The van der Waals surface area contributed by atoms with Crippen LogP contribution in [0, 0.1) is 0 Å². The van der Waals surface area contributed by atoms with Crippen molar-refractivity contribution < 1.29 is 0 Å². The first kappa shape index (κ1) is 12.9. The minimum absolute atomic E-state index is 0.682. The van der Waals surface area contributed by atoms with Gasteiger partial charge in [0.25, 0.3) is 0 Å². The van der Waals surface area contributed by atoms with Crippen LogP contribution in [0.15, 0.2) is 29.3 Å². The third-order valence-electron chi connectivity index (χ3n) is 3.51. The minimum atomic E-state index is 0.682. The number of nitrogens with one attached hydrogen (secondary N) is 1. The molecule has 3 rings (SSSR count). The van der Waals surface area contributed by atoms with E-state index in [2.05, 4.69) is 12.2 Å². The number of aryl methyl sites for hydroxylation is 1. The first-order valence-corrected chi connectivity index (χ1v) is 7.88. The molecule has 0 atom stereocenters. The second-order valence-corrected chi connectivity index (χ2v) is 6.17. The summed E-state index contributed by atoms with van der Waals surface area (Å²) in [7, 11) is 0. The molecule has 0 unspecified atom stereocenters. The summed E-state index contributed by atoms with van der Waals surface area (Å²) in [5.74, 6) is 0. The highest BCUT2D eigenvalue weighted by Gasteiger charge is 2.17. The van der Waals surface area contributed by atoms with Gasteiger partial charge >= 0.3 is 0 Å². The Kier molecular flexibility index (Phi) is 3.99. The number of rotatable bonds is 3. The molecule has 100 valence electrons. The lowest BCUT2D eigenvalue weighted by molar-refractivity contribution is 0.531. The van der Waals surface area contributed by atoms with Crippen molar-refractivity contribution in [1.29, 1.82) is 0 Å². The third-order valence-corrected chi connectivity index (χ3v) is 4.86. The van der Waals surface area contributed by atoms with E-state index in [-0.39, 0.29) is 0 Å². The number of benzene rings is 1. The van der Waals surface area contributed by atoms with E-state index in [4.69, 9.17) is 9.97 Å². The maximum absolute atomic E-state index is 4.82. The van der Waals surface area contributed by atoms with E-state index in [1.165, 1.54) is 12.8 Å². The molecule has 0 amide bonds. The SMILES string of the molecule is CCc1nc2ccccc2nc1SC1CCNCC1. The van der Waals surface area contributed by atoms with Crippen LogP contribution in [0.1, 0.15) is 25.5 Å². The number of piperidine rings is 1. The second-order valence-electron chi connectivity index (χ2n) is 4.88. The fourth-order valence-corrected chi connectivity index (χ4v) is 3.68. The van der Waals surface area contributed by atoms with Gasteiger partial charge in [0.05, 0.1) is 16.7 Å². The fourth-order valence-electron chi connectivity index (χ4n) is 2.42. The number of hydrogen-bond acceptors (Lipinski definition) is 4. The lowest BCUT2D eigenvalue weighted by atomic mass is 10.2. The van der Waals surface area contributed by atoms with Crippen LogP contribution in [0.4, 0.5) is 0 Å². The van der Waals surface area contributed by atoms with Gasteiger partial charge < -0.3 is 5.32 Å². The monoisotopic (exact) mass is 273 g/mol. The molecule has 1 saturated heterocycles. The zero-order valence-electron chi connectivity index (χ0n) is 11.2. The zero-order chi connectivity index (χ0) is 13.1. The molecular weight excluding hydrogens is 254 g/mol. The number of para-hydroxylation sites is 2. The molecule has 1 aliphatic heterocycles. The molecule has 1 N–H and O–H groups in total. The van der Waals surface area contributed by atoms with Gasteiger partial charge in [0.1, 0.15) is 5.03 Å². The van der Waals surface area contributed by atoms with Gasteiger partial charge in [0, 0.05) is 5.25 Å². The van der Waals surface area contributed by atoms with Crippen LogP contribution < -0.4 is 5.32 Å². The molecule has 2 aromatic rings. The molecule has 0 bridgehead atoms. The lowest BCUT2D eigenvalue weighted by Gasteiger charge is -2.22. The Morgan fingerprint density at radius 2 is 1.84 bits per heavy atom. The van der Waals surface area contributed by atoms with Gasteiger partial charge in [-0.15, -0.1) is 11.8 Å². The Labute approximate surface area is 118 Å². The van der Waals surface area contributed by atoms with Crippen molar-refractivity contribution >= 4 is 22.8 Å². The van der Waals surface area contributed by atoms with E-state index in [0.717, 1.165) is 41.3 Å². The zero-order valence-corrected chi connectivity index (χ0v) is 12.0. The summed E-state index contributed by atoms with van der Waals surface area (Å²) in [5, 5.41) is 5.22. The number of hydrogen-bond donors (Lipinski definition) is 1. The topological polar surface area (TPSA) is 37.8 Å². The van der Waals surface area contributed by atoms with Crippen LogP contribution in [-0.4, -0.2) is 28.3 Å². The van der Waals surface area contributed by atoms with E-state index in [0.29, 0.717) is 5.25 Å². The second kappa shape index (κ2) is 5.88. The highest BCUT2D eigenvalue weighted by atomic mass is 32.2. The summed E-state index contributed by atoms with van der Waals surface area (Å²) in [6.45, 7) is 4.41. The van der Waals surface area contributed by atoms with Gasteiger partial charge in [-0.05, 0) is 44.5 Å². The summed E-state index contributed by atoms with van der Waals surface area (Å²) >= 11 is 1.92. The Balaban J connectivity index is 1.91. The van der Waals surface area contributed by atoms with Crippen molar-refractivity contribution in [3.8, 4) is 0 Å². The van der Waals surface area contributed by atoms with Crippen molar-refractivity contribution in [3.05, 3.63) is 30.0 Å². The summed E-state index contributed by atoms with van der Waals surface area (Å²) < 4.78 is 0. The largest absolute Gasteiger partial charge is 0.317 e. The van der Waals surface area contributed by atoms with Gasteiger partial charge in [-0.25, -0.2) is 9.97 Å². The molecule has 0 radical (unpaired) electrons. The standard InChI is InChI=1S/C15H19N3S/c1-2-12-15(19-11-7-9-16-10-8-11)18-14-6-4-3-5-13(14)17-12/h3-6,11,16H,2,7-10H2,1H3. The van der Waals surface area contributed by atoms with Gasteiger partial charge in [-0.2, -0.15) is 0 Å². The number of fused-ring (bicyclic) bond motifs is 1. The van der Waals surface area contributed by atoms with Crippen molar-refractivity contribution in [3.63, 3.8) is 0 Å². The first-order valence-electron chi connectivity index (χ1n) is 7.00. The average molecular weight is 273 g/mol. The van der Waals surface area contributed by atoms with Gasteiger partial charge in [-0.3, -0.25) is 0 Å². The highest BCUT2D eigenvalue weighted by Crippen LogP contribution is 2.30. The lowest BCUT2D eigenvalue weighted by Crippen LogP contribution is -2.29. The van der Waals surface area contributed by atoms with Gasteiger partial charge in [-0.1, -0.05) is 19.1 Å². The molecule has 0 aliphatic carbocycles. The number of aromatic nitrogens is 2. The molecule has 3 nitrogen and oxygen atoms in total. The molecular formula is C15H19N3S. The van der Waals surface area contributed by atoms with Crippen molar-refractivity contribution in [2.45, 2.75) is 36.5 Å². The summed E-state index contributed by atoms with van der Waals surface area (Å²) in [6.07, 6.45) is 3.40. The van der Waals surface area contributed by atoms with Gasteiger partial charge in [0.2, 0.25) is 0 Å². The average Bonchev–Trinajstić information content (AvgIpc) is 2.47. The van der Waals surface area contributed by atoms with Crippen LogP contribution in [0.25, 0.3) is 11.0 Å². The number of nitrogens with zero attached hydrogens (tertiary/aromatic N) is 2. The van der Waals surface area contributed by atoms with Crippen molar-refractivity contribution in [2.75, 3.05) is 13.1 Å². The quantitative estimate of drug-likeness (QED) is 0.933. The molecule has 2 heterocycles. The molecule has 4 heteroatoms. The molecule has 0 spiro atoms. The van der Waals surface area contributed by atoms with E-state index in [1.54, 1.807) is 0 Å². The van der Waals surface area contributed by atoms with E-state index in [9.17, 15) is 0 Å². The van der Waals surface area contributed by atoms with E-state index in [1.807, 2.05) is 36.0 Å². The molecule has 1 aromatic carbocycles.